The molecule has 0 saturated carbocycles. The van der Waals surface area contributed by atoms with Crippen molar-refractivity contribution >= 4 is 5.84 Å². The highest BCUT2D eigenvalue weighted by atomic mass is 15.2. The summed E-state index contributed by atoms with van der Waals surface area (Å²) in [7, 11) is 0. The summed E-state index contributed by atoms with van der Waals surface area (Å²) < 4.78 is 0. The minimum atomic E-state index is 0.325. The van der Waals surface area contributed by atoms with E-state index < -0.39 is 0 Å². The molecule has 0 aromatic heterocycles. The molecule has 3 heteroatoms. The standard InChI is InChI=1S/C13H27N3/c1-5-11(8-12(14)15)16-7-6-10(9-16)13(2,3)4/h10-11H,5-9H2,1-4H3,(H3,14,15). The van der Waals surface area contributed by atoms with Crippen molar-refractivity contribution in [3.8, 4) is 0 Å². The second-order valence-electron chi connectivity index (χ2n) is 6.14. The Balaban J connectivity index is 2.53. The van der Waals surface area contributed by atoms with Gasteiger partial charge >= 0.3 is 0 Å². The Kier molecular flexibility index (Phi) is 4.36. The molecule has 0 spiro atoms. The largest absolute Gasteiger partial charge is 0.388 e. The van der Waals surface area contributed by atoms with Gasteiger partial charge in [0, 0.05) is 19.0 Å². The van der Waals surface area contributed by atoms with Crippen molar-refractivity contribution in [2.75, 3.05) is 13.1 Å². The molecule has 2 atom stereocenters. The fourth-order valence-corrected chi connectivity index (χ4v) is 2.61. The van der Waals surface area contributed by atoms with Gasteiger partial charge in [-0.05, 0) is 30.7 Å². The lowest BCUT2D eigenvalue weighted by Gasteiger charge is -2.30. The molecule has 1 saturated heterocycles. The van der Waals surface area contributed by atoms with E-state index in [0.717, 1.165) is 18.8 Å². The molecule has 1 fully saturated rings. The Labute approximate surface area is 99.9 Å². The van der Waals surface area contributed by atoms with Crippen LogP contribution in [0.2, 0.25) is 0 Å². The number of hydrogen-bond acceptors (Lipinski definition) is 2. The molecule has 1 heterocycles. The molecule has 0 amide bonds. The van der Waals surface area contributed by atoms with Gasteiger partial charge in [0.05, 0.1) is 5.84 Å². The monoisotopic (exact) mass is 225 g/mol. The van der Waals surface area contributed by atoms with E-state index in [0.29, 0.717) is 17.3 Å². The minimum absolute atomic E-state index is 0.325. The zero-order chi connectivity index (χ0) is 12.3. The first-order valence-corrected chi connectivity index (χ1v) is 6.41. The van der Waals surface area contributed by atoms with Gasteiger partial charge in [-0.2, -0.15) is 0 Å². The molecule has 0 aromatic carbocycles. The van der Waals surface area contributed by atoms with Crippen LogP contribution in [-0.2, 0) is 0 Å². The molecule has 2 unspecified atom stereocenters. The lowest BCUT2D eigenvalue weighted by atomic mass is 9.80. The van der Waals surface area contributed by atoms with E-state index in [4.69, 9.17) is 11.1 Å². The van der Waals surface area contributed by atoms with Gasteiger partial charge in [0.1, 0.15) is 0 Å². The Morgan fingerprint density at radius 3 is 2.50 bits per heavy atom. The van der Waals surface area contributed by atoms with Crippen molar-refractivity contribution in [2.45, 2.75) is 53.0 Å². The zero-order valence-electron chi connectivity index (χ0n) is 11.2. The van der Waals surface area contributed by atoms with Crippen LogP contribution in [0.25, 0.3) is 0 Å². The highest BCUT2D eigenvalue weighted by molar-refractivity contribution is 5.77. The van der Waals surface area contributed by atoms with E-state index in [9.17, 15) is 0 Å². The molecule has 1 aliphatic rings. The van der Waals surface area contributed by atoms with Crippen molar-refractivity contribution in [1.29, 1.82) is 5.41 Å². The fraction of sp³-hybridized carbons (Fsp3) is 0.923. The highest BCUT2D eigenvalue weighted by Gasteiger charge is 2.34. The molecule has 1 aliphatic heterocycles. The number of likely N-dealkylation sites (tertiary alicyclic amines) is 1. The van der Waals surface area contributed by atoms with Crippen molar-refractivity contribution < 1.29 is 0 Å². The van der Waals surface area contributed by atoms with Crippen LogP contribution in [0.15, 0.2) is 0 Å². The number of amidine groups is 1. The molecular formula is C13H27N3. The van der Waals surface area contributed by atoms with Crippen molar-refractivity contribution in [2.24, 2.45) is 17.1 Å². The second kappa shape index (κ2) is 5.17. The van der Waals surface area contributed by atoms with Gasteiger partial charge in [-0.3, -0.25) is 10.3 Å². The van der Waals surface area contributed by atoms with Crippen LogP contribution < -0.4 is 5.73 Å². The predicted molar refractivity (Wildman–Crippen MR) is 69.7 cm³/mol. The van der Waals surface area contributed by atoms with E-state index >= 15 is 0 Å². The summed E-state index contributed by atoms with van der Waals surface area (Å²) in [6.45, 7) is 11.5. The van der Waals surface area contributed by atoms with Crippen LogP contribution in [0.4, 0.5) is 0 Å². The zero-order valence-corrected chi connectivity index (χ0v) is 11.2. The van der Waals surface area contributed by atoms with Crippen molar-refractivity contribution in [1.82, 2.24) is 4.90 Å². The molecular weight excluding hydrogens is 198 g/mol. The molecule has 1 rings (SSSR count). The Bertz CT molecular complexity index is 242. The van der Waals surface area contributed by atoms with Crippen LogP contribution in [0.1, 0.15) is 47.0 Å². The summed E-state index contributed by atoms with van der Waals surface area (Å²) in [5, 5.41) is 7.42. The van der Waals surface area contributed by atoms with Gasteiger partial charge < -0.3 is 5.73 Å². The molecule has 94 valence electrons. The molecule has 0 radical (unpaired) electrons. The summed E-state index contributed by atoms with van der Waals surface area (Å²) in [6, 6.07) is 0.477. The van der Waals surface area contributed by atoms with Crippen LogP contribution in [0.5, 0.6) is 0 Å². The maximum absolute atomic E-state index is 7.42. The first-order valence-electron chi connectivity index (χ1n) is 6.41. The van der Waals surface area contributed by atoms with Gasteiger partial charge in [0.25, 0.3) is 0 Å². The summed E-state index contributed by atoms with van der Waals surface area (Å²) in [5.74, 6) is 1.11. The SMILES string of the molecule is CCC(CC(=N)N)N1CCC(C(C)(C)C)C1. The summed E-state index contributed by atoms with van der Waals surface area (Å²) >= 11 is 0. The van der Waals surface area contributed by atoms with Gasteiger partial charge in [0.15, 0.2) is 0 Å². The van der Waals surface area contributed by atoms with E-state index in [1.165, 1.54) is 19.5 Å². The lowest BCUT2D eigenvalue weighted by molar-refractivity contribution is 0.193. The minimum Gasteiger partial charge on any atom is -0.388 e. The van der Waals surface area contributed by atoms with Gasteiger partial charge in [-0.15, -0.1) is 0 Å². The summed E-state index contributed by atoms with van der Waals surface area (Å²) in [6.07, 6.45) is 3.11. The predicted octanol–water partition coefficient (Wildman–Crippen LogP) is 2.46. The van der Waals surface area contributed by atoms with Crippen molar-refractivity contribution in [3.63, 3.8) is 0 Å². The smallest absolute Gasteiger partial charge is 0.0921 e. The first kappa shape index (κ1) is 13.5. The topological polar surface area (TPSA) is 53.1 Å². The average Bonchev–Trinajstić information content (AvgIpc) is 2.61. The third-order valence-corrected chi connectivity index (χ3v) is 3.89. The van der Waals surface area contributed by atoms with E-state index in [-0.39, 0.29) is 0 Å². The molecule has 0 bridgehead atoms. The third-order valence-electron chi connectivity index (χ3n) is 3.89. The third kappa shape index (κ3) is 3.48. The van der Waals surface area contributed by atoms with E-state index in [1.807, 2.05) is 0 Å². The van der Waals surface area contributed by atoms with E-state index in [2.05, 4.69) is 32.6 Å². The normalized spacial score (nSPS) is 24.6. The number of nitrogens with zero attached hydrogens (tertiary/aromatic N) is 1. The number of rotatable bonds is 4. The number of hydrogen-bond donors (Lipinski definition) is 2. The lowest BCUT2D eigenvalue weighted by Crippen LogP contribution is -2.37. The highest BCUT2D eigenvalue weighted by Crippen LogP contribution is 2.34. The maximum Gasteiger partial charge on any atom is 0.0921 e. The van der Waals surface area contributed by atoms with Gasteiger partial charge in [-0.1, -0.05) is 27.7 Å². The van der Waals surface area contributed by atoms with Crippen LogP contribution in [0, 0.1) is 16.7 Å². The van der Waals surface area contributed by atoms with Crippen molar-refractivity contribution in [3.05, 3.63) is 0 Å². The average molecular weight is 225 g/mol. The van der Waals surface area contributed by atoms with Gasteiger partial charge in [-0.25, -0.2) is 0 Å². The maximum atomic E-state index is 7.42. The van der Waals surface area contributed by atoms with E-state index in [1.54, 1.807) is 0 Å². The Morgan fingerprint density at radius 1 is 1.50 bits per heavy atom. The Hall–Kier alpha value is -0.570. The molecule has 0 aliphatic carbocycles. The molecule has 16 heavy (non-hydrogen) atoms. The van der Waals surface area contributed by atoms with Crippen LogP contribution in [-0.4, -0.2) is 29.9 Å². The molecule has 3 nitrogen and oxygen atoms in total. The summed E-state index contributed by atoms with van der Waals surface area (Å²) in [5.41, 5.74) is 5.92. The molecule has 3 N–H and O–H groups in total. The second-order valence-corrected chi connectivity index (χ2v) is 6.14. The quantitative estimate of drug-likeness (QED) is 0.570. The van der Waals surface area contributed by atoms with Crippen LogP contribution >= 0.6 is 0 Å². The number of nitrogens with two attached hydrogens (primary N) is 1. The summed E-state index contributed by atoms with van der Waals surface area (Å²) in [4.78, 5) is 2.53. The number of nitrogens with one attached hydrogen (secondary N) is 1. The first-order chi connectivity index (χ1) is 7.34. The Morgan fingerprint density at radius 2 is 2.12 bits per heavy atom. The van der Waals surface area contributed by atoms with Crippen LogP contribution in [0.3, 0.4) is 0 Å². The fourth-order valence-electron chi connectivity index (χ4n) is 2.61. The molecule has 0 aromatic rings. The van der Waals surface area contributed by atoms with Gasteiger partial charge in [0.2, 0.25) is 0 Å².